The lowest BCUT2D eigenvalue weighted by Gasteiger charge is -2.24. The largest absolute Gasteiger partial charge is 0.312 e. The molecule has 20 heavy (non-hydrogen) atoms. The second-order valence-electron chi connectivity index (χ2n) is 5.24. The van der Waals surface area contributed by atoms with Crippen LogP contribution in [0.3, 0.4) is 0 Å². The van der Waals surface area contributed by atoms with E-state index in [-0.39, 0.29) is 11.7 Å². The molecular formula is C16H19N3O. The zero-order chi connectivity index (χ0) is 13.9. The molecule has 0 spiro atoms. The molecule has 0 saturated carbocycles. The lowest BCUT2D eigenvalue weighted by atomic mass is 9.86. The Balaban J connectivity index is 1.87. The van der Waals surface area contributed by atoms with Crippen molar-refractivity contribution >= 4 is 5.78 Å². The van der Waals surface area contributed by atoms with Crippen LogP contribution in [0.4, 0.5) is 0 Å². The number of nitrogens with zero attached hydrogens (tertiary/aromatic N) is 2. The Labute approximate surface area is 118 Å². The van der Waals surface area contributed by atoms with Gasteiger partial charge in [-0.1, -0.05) is 31.2 Å². The van der Waals surface area contributed by atoms with Gasteiger partial charge in [-0.05, 0) is 17.5 Å². The van der Waals surface area contributed by atoms with E-state index in [0.29, 0.717) is 12.1 Å². The van der Waals surface area contributed by atoms with Crippen LogP contribution in [0.5, 0.6) is 0 Å². The second kappa shape index (κ2) is 5.59. The first-order valence-corrected chi connectivity index (χ1v) is 7.14. The molecule has 0 saturated heterocycles. The van der Waals surface area contributed by atoms with Crippen LogP contribution >= 0.6 is 0 Å². The predicted octanol–water partition coefficient (Wildman–Crippen LogP) is 2.36. The Morgan fingerprint density at radius 3 is 3.15 bits per heavy atom. The number of aromatic nitrogens is 2. The van der Waals surface area contributed by atoms with Crippen LogP contribution in [-0.2, 0) is 13.1 Å². The summed E-state index contributed by atoms with van der Waals surface area (Å²) in [5.41, 5.74) is 3.08. The third kappa shape index (κ3) is 2.39. The molecule has 1 aliphatic heterocycles. The van der Waals surface area contributed by atoms with Crippen molar-refractivity contribution in [3.05, 3.63) is 53.3 Å². The molecule has 1 N–H and O–H groups in total. The highest BCUT2D eigenvalue weighted by Gasteiger charge is 2.27. The standard InChI is InChI=1S/C16H19N3O/c1-2-7-19-11-13(9-18-19)16(20)15-10-17-8-12-5-3-4-6-14(12)15/h3-6,9,11,15,17H,2,7-8,10H2,1H3. The molecule has 1 aromatic carbocycles. The Morgan fingerprint density at radius 1 is 1.45 bits per heavy atom. The second-order valence-corrected chi connectivity index (χ2v) is 5.24. The highest BCUT2D eigenvalue weighted by atomic mass is 16.1. The van der Waals surface area contributed by atoms with Crippen LogP contribution in [0.15, 0.2) is 36.7 Å². The summed E-state index contributed by atoms with van der Waals surface area (Å²) in [5.74, 6) is 0.0613. The fourth-order valence-electron chi connectivity index (χ4n) is 2.77. The van der Waals surface area contributed by atoms with Gasteiger partial charge in [0, 0.05) is 25.8 Å². The number of aryl methyl sites for hydroxylation is 1. The van der Waals surface area contributed by atoms with Gasteiger partial charge < -0.3 is 5.32 Å². The summed E-state index contributed by atoms with van der Waals surface area (Å²) in [7, 11) is 0. The number of hydrogen-bond acceptors (Lipinski definition) is 3. The zero-order valence-electron chi connectivity index (χ0n) is 11.7. The van der Waals surface area contributed by atoms with Crippen molar-refractivity contribution in [1.29, 1.82) is 0 Å². The molecule has 1 aromatic heterocycles. The molecule has 4 heteroatoms. The SMILES string of the molecule is CCCn1cc(C(=O)C2CNCc3ccccc32)cn1. The Hall–Kier alpha value is -1.94. The normalized spacial score (nSPS) is 17.8. The first kappa shape index (κ1) is 13.1. The highest BCUT2D eigenvalue weighted by Crippen LogP contribution is 2.26. The summed E-state index contributed by atoms with van der Waals surface area (Å²) in [6.45, 7) is 4.50. The molecule has 0 fully saturated rings. The number of carbonyl (C=O) groups is 1. The van der Waals surface area contributed by atoms with E-state index in [1.54, 1.807) is 6.20 Å². The predicted molar refractivity (Wildman–Crippen MR) is 77.7 cm³/mol. The minimum atomic E-state index is -0.0979. The molecule has 1 unspecified atom stereocenters. The Morgan fingerprint density at radius 2 is 2.30 bits per heavy atom. The number of benzene rings is 1. The van der Waals surface area contributed by atoms with Crippen LogP contribution in [0.1, 0.15) is 40.7 Å². The lowest BCUT2D eigenvalue weighted by Crippen LogP contribution is -2.32. The Kier molecular flexibility index (Phi) is 3.65. The summed E-state index contributed by atoms with van der Waals surface area (Å²) in [4.78, 5) is 12.7. The average Bonchev–Trinajstić information content (AvgIpc) is 2.95. The fraction of sp³-hybridized carbons (Fsp3) is 0.375. The van der Waals surface area contributed by atoms with Gasteiger partial charge in [0.2, 0.25) is 0 Å². The van der Waals surface area contributed by atoms with Gasteiger partial charge in [-0.15, -0.1) is 0 Å². The molecule has 1 atom stereocenters. The van der Waals surface area contributed by atoms with Gasteiger partial charge in [0.05, 0.1) is 17.7 Å². The number of fused-ring (bicyclic) bond motifs is 1. The van der Waals surface area contributed by atoms with E-state index in [1.165, 1.54) is 5.56 Å². The van der Waals surface area contributed by atoms with Gasteiger partial charge >= 0.3 is 0 Å². The molecule has 0 radical (unpaired) electrons. The average molecular weight is 269 g/mol. The van der Waals surface area contributed by atoms with E-state index in [9.17, 15) is 4.79 Å². The summed E-state index contributed by atoms with van der Waals surface area (Å²) in [6.07, 6.45) is 4.57. The molecule has 4 nitrogen and oxygen atoms in total. The maximum Gasteiger partial charge on any atom is 0.174 e. The van der Waals surface area contributed by atoms with Crippen molar-refractivity contribution < 1.29 is 4.79 Å². The van der Waals surface area contributed by atoms with E-state index in [0.717, 1.165) is 25.1 Å². The molecule has 3 rings (SSSR count). The van der Waals surface area contributed by atoms with Crippen LogP contribution < -0.4 is 5.32 Å². The maximum atomic E-state index is 12.7. The molecule has 104 valence electrons. The van der Waals surface area contributed by atoms with Crippen molar-refractivity contribution in [2.24, 2.45) is 0 Å². The van der Waals surface area contributed by atoms with Crippen molar-refractivity contribution in [3.8, 4) is 0 Å². The number of ketones is 1. The summed E-state index contributed by atoms with van der Waals surface area (Å²) < 4.78 is 1.84. The van der Waals surface area contributed by atoms with Crippen molar-refractivity contribution in [2.75, 3.05) is 6.54 Å². The van der Waals surface area contributed by atoms with E-state index in [4.69, 9.17) is 0 Å². The molecule has 1 aliphatic rings. The minimum absolute atomic E-state index is 0.0979. The van der Waals surface area contributed by atoms with Crippen LogP contribution in [0.2, 0.25) is 0 Å². The van der Waals surface area contributed by atoms with Gasteiger partial charge in [-0.3, -0.25) is 9.48 Å². The zero-order valence-corrected chi connectivity index (χ0v) is 11.7. The minimum Gasteiger partial charge on any atom is -0.312 e. The van der Waals surface area contributed by atoms with Crippen LogP contribution in [-0.4, -0.2) is 22.1 Å². The summed E-state index contributed by atoms with van der Waals surface area (Å²) in [5, 5.41) is 7.58. The van der Waals surface area contributed by atoms with E-state index in [2.05, 4.69) is 29.5 Å². The molecule has 2 aromatic rings. The van der Waals surface area contributed by atoms with Crippen molar-refractivity contribution in [1.82, 2.24) is 15.1 Å². The topological polar surface area (TPSA) is 46.9 Å². The number of carbonyl (C=O) groups excluding carboxylic acids is 1. The molecule has 2 heterocycles. The third-order valence-electron chi connectivity index (χ3n) is 3.78. The molecule has 0 aliphatic carbocycles. The van der Waals surface area contributed by atoms with E-state index in [1.807, 2.05) is 23.0 Å². The first-order valence-electron chi connectivity index (χ1n) is 7.14. The van der Waals surface area contributed by atoms with Gasteiger partial charge in [0.1, 0.15) is 0 Å². The Bertz CT molecular complexity index is 618. The molecular weight excluding hydrogens is 250 g/mol. The summed E-state index contributed by atoms with van der Waals surface area (Å²) >= 11 is 0. The van der Waals surface area contributed by atoms with Crippen LogP contribution in [0, 0.1) is 0 Å². The van der Waals surface area contributed by atoms with Crippen molar-refractivity contribution in [3.63, 3.8) is 0 Å². The van der Waals surface area contributed by atoms with Gasteiger partial charge in [-0.25, -0.2) is 0 Å². The number of Topliss-reactive ketones (excluding diaryl/α,β-unsaturated/α-hetero) is 1. The lowest BCUT2D eigenvalue weighted by molar-refractivity contribution is 0.0955. The first-order chi connectivity index (χ1) is 9.79. The van der Waals surface area contributed by atoms with Crippen molar-refractivity contribution in [2.45, 2.75) is 32.4 Å². The van der Waals surface area contributed by atoms with Crippen LogP contribution in [0.25, 0.3) is 0 Å². The van der Waals surface area contributed by atoms with E-state index >= 15 is 0 Å². The smallest absolute Gasteiger partial charge is 0.174 e. The van der Waals surface area contributed by atoms with E-state index < -0.39 is 0 Å². The molecule has 0 bridgehead atoms. The maximum absolute atomic E-state index is 12.7. The van der Waals surface area contributed by atoms with Gasteiger partial charge in [0.25, 0.3) is 0 Å². The molecule has 0 amide bonds. The highest BCUT2D eigenvalue weighted by molar-refractivity contribution is 6.01. The fourth-order valence-corrected chi connectivity index (χ4v) is 2.77. The number of rotatable bonds is 4. The quantitative estimate of drug-likeness (QED) is 0.867. The van der Waals surface area contributed by atoms with Gasteiger partial charge in [-0.2, -0.15) is 5.10 Å². The number of nitrogens with one attached hydrogen (secondary N) is 1. The number of hydrogen-bond donors (Lipinski definition) is 1. The van der Waals surface area contributed by atoms with Gasteiger partial charge in [0.15, 0.2) is 5.78 Å². The monoisotopic (exact) mass is 269 g/mol. The summed E-state index contributed by atoms with van der Waals surface area (Å²) in [6, 6.07) is 8.18. The third-order valence-corrected chi connectivity index (χ3v) is 3.78.